The number of aromatic nitrogens is 1. The summed E-state index contributed by atoms with van der Waals surface area (Å²) in [4.78, 5) is 6.28. The van der Waals surface area contributed by atoms with Gasteiger partial charge in [0.1, 0.15) is 0 Å². The number of ether oxygens (including phenoxy) is 1. The molecule has 4 nitrogen and oxygen atoms in total. The quantitative estimate of drug-likeness (QED) is 0.921. The maximum atomic E-state index is 10.4. The zero-order valence-corrected chi connectivity index (χ0v) is 12.2. The first-order valence-electron chi connectivity index (χ1n) is 6.15. The molecule has 1 aliphatic heterocycles. The van der Waals surface area contributed by atoms with Crippen LogP contribution in [0.25, 0.3) is 0 Å². The molecule has 100 valence electrons. The van der Waals surface area contributed by atoms with Gasteiger partial charge in [-0.25, -0.2) is 0 Å². The lowest BCUT2D eigenvalue weighted by Gasteiger charge is -2.35. The highest BCUT2D eigenvalue weighted by Gasteiger charge is 2.30. The fourth-order valence-corrected chi connectivity index (χ4v) is 2.73. The maximum absolute atomic E-state index is 10.4. The van der Waals surface area contributed by atoms with E-state index in [1.54, 1.807) is 6.20 Å². The number of hydrogen-bond acceptors (Lipinski definition) is 4. The lowest BCUT2D eigenvalue weighted by Crippen LogP contribution is -2.45. The van der Waals surface area contributed by atoms with Gasteiger partial charge in [-0.15, -0.1) is 0 Å². The normalized spacial score (nSPS) is 19.1. The first kappa shape index (κ1) is 13.9. The average molecular weight is 315 g/mol. The second-order valence-electron chi connectivity index (χ2n) is 5.02. The van der Waals surface area contributed by atoms with Gasteiger partial charge in [0.2, 0.25) is 0 Å². The van der Waals surface area contributed by atoms with Crippen LogP contribution in [0.15, 0.2) is 22.9 Å². The summed E-state index contributed by atoms with van der Waals surface area (Å²) >= 11 is 3.41. The van der Waals surface area contributed by atoms with Gasteiger partial charge in [-0.1, -0.05) is 0 Å². The molecule has 1 aromatic heterocycles. The monoisotopic (exact) mass is 314 g/mol. The molecule has 1 aliphatic rings. The Balaban J connectivity index is 1.90. The largest absolute Gasteiger partial charge is 0.388 e. The van der Waals surface area contributed by atoms with Crippen molar-refractivity contribution in [2.24, 2.45) is 0 Å². The van der Waals surface area contributed by atoms with E-state index in [1.807, 2.05) is 13.2 Å². The van der Waals surface area contributed by atoms with Crippen molar-refractivity contribution in [3.8, 4) is 0 Å². The number of rotatable bonds is 4. The predicted molar refractivity (Wildman–Crippen MR) is 73.3 cm³/mol. The van der Waals surface area contributed by atoms with Crippen molar-refractivity contribution in [3.63, 3.8) is 0 Å². The van der Waals surface area contributed by atoms with Crippen LogP contribution in [0.5, 0.6) is 0 Å². The summed E-state index contributed by atoms with van der Waals surface area (Å²) in [5, 5.41) is 10.4. The molecule has 2 heterocycles. The molecule has 1 saturated heterocycles. The fourth-order valence-electron chi connectivity index (χ4n) is 2.32. The van der Waals surface area contributed by atoms with Crippen LogP contribution in [0, 0.1) is 0 Å². The number of likely N-dealkylation sites (N-methyl/N-ethyl adjacent to an activating group) is 1. The van der Waals surface area contributed by atoms with Gasteiger partial charge >= 0.3 is 0 Å². The summed E-state index contributed by atoms with van der Waals surface area (Å²) in [7, 11) is 2.02. The molecule has 0 radical (unpaired) electrons. The molecule has 2 rings (SSSR count). The van der Waals surface area contributed by atoms with E-state index in [2.05, 4.69) is 31.9 Å². The molecule has 0 bridgehead atoms. The Morgan fingerprint density at radius 2 is 2.17 bits per heavy atom. The summed E-state index contributed by atoms with van der Waals surface area (Å²) in [5.41, 5.74) is 0.537. The van der Waals surface area contributed by atoms with E-state index in [4.69, 9.17) is 4.74 Å². The highest BCUT2D eigenvalue weighted by Crippen LogP contribution is 2.22. The molecule has 0 spiro atoms. The summed E-state index contributed by atoms with van der Waals surface area (Å²) in [6.45, 7) is 2.77. The summed E-state index contributed by atoms with van der Waals surface area (Å²) in [6, 6.07) is 2.05. The molecule has 0 amide bonds. The molecule has 0 aliphatic carbocycles. The SMILES string of the molecule is CN(Cc1cncc(Br)c1)CC1(O)CCOCC1. The third-order valence-electron chi connectivity index (χ3n) is 3.20. The number of aliphatic hydroxyl groups is 1. The Bertz CT molecular complexity index is 394. The van der Waals surface area contributed by atoms with Crippen molar-refractivity contribution in [1.29, 1.82) is 0 Å². The first-order chi connectivity index (χ1) is 8.57. The van der Waals surface area contributed by atoms with Gasteiger partial charge in [0.15, 0.2) is 0 Å². The van der Waals surface area contributed by atoms with E-state index < -0.39 is 5.60 Å². The fraction of sp³-hybridized carbons (Fsp3) is 0.615. The summed E-state index contributed by atoms with van der Waals surface area (Å²) < 4.78 is 6.27. The Labute approximate surface area is 116 Å². The molecule has 0 atom stereocenters. The molecule has 18 heavy (non-hydrogen) atoms. The number of hydrogen-bond donors (Lipinski definition) is 1. The Hall–Kier alpha value is -0.490. The predicted octanol–water partition coefficient (Wildman–Crippen LogP) is 1.82. The van der Waals surface area contributed by atoms with Crippen LogP contribution in [-0.2, 0) is 11.3 Å². The summed E-state index contributed by atoms with van der Waals surface area (Å²) in [6.07, 6.45) is 5.06. The van der Waals surface area contributed by atoms with E-state index in [1.165, 1.54) is 0 Å². The summed E-state index contributed by atoms with van der Waals surface area (Å²) in [5.74, 6) is 0. The van der Waals surface area contributed by atoms with Gasteiger partial charge < -0.3 is 9.84 Å². The maximum Gasteiger partial charge on any atom is 0.0817 e. The van der Waals surface area contributed by atoms with Crippen LogP contribution in [-0.4, -0.2) is 47.4 Å². The molecule has 0 saturated carbocycles. The van der Waals surface area contributed by atoms with E-state index in [0.29, 0.717) is 32.6 Å². The molecular formula is C13H19BrN2O2. The van der Waals surface area contributed by atoms with E-state index in [0.717, 1.165) is 16.6 Å². The smallest absolute Gasteiger partial charge is 0.0817 e. The van der Waals surface area contributed by atoms with Crippen molar-refractivity contribution < 1.29 is 9.84 Å². The van der Waals surface area contributed by atoms with Crippen molar-refractivity contribution in [2.45, 2.75) is 25.0 Å². The zero-order valence-electron chi connectivity index (χ0n) is 10.6. The molecule has 5 heteroatoms. The van der Waals surface area contributed by atoms with Crippen LogP contribution >= 0.6 is 15.9 Å². The minimum Gasteiger partial charge on any atom is -0.388 e. The van der Waals surface area contributed by atoms with E-state index in [-0.39, 0.29) is 0 Å². The first-order valence-corrected chi connectivity index (χ1v) is 6.95. The molecule has 0 aromatic carbocycles. The third-order valence-corrected chi connectivity index (χ3v) is 3.64. The van der Waals surface area contributed by atoms with E-state index >= 15 is 0 Å². The highest BCUT2D eigenvalue weighted by molar-refractivity contribution is 9.10. The minimum absolute atomic E-state index is 0.605. The van der Waals surface area contributed by atoms with Gasteiger partial charge in [0.05, 0.1) is 5.60 Å². The lowest BCUT2D eigenvalue weighted by atomic mass is 9.94. The second kappa shape index (κ2) is 6.10. The standard InChI is InChI=1S/C13H19BrN2O2/c1-16(9-11-6-12(14)8-15-7-11)10-13(17)2-4-18-5-3-13/h6-8,17H,2-5,9-10H2,1H3. The van der Waals surface area contributed by atoms with Crippen LogP contribution in [0.1, 0.15) is 18.4 Å². The minimum atomic E-state index is -0.605. The molecular weight excluding hydrogens is 296 g/mol. The van der Waals surface area contributed by atoms with Gasteiger partial charge in [-0.2, -0.15) is 0 Å². The number of halogens is 1. The highest BCUT2D eigenvalue weighted by atomic mass is 79.9. The van der Waals surface area contributed by atoms with Gasteiger partial charge in [0, 0.05) is 56.0 Å². The van der Waals surface area contributed by atoms with Crippen LogP contribution in [0.4, 0.5) is 0 Å². The molecule has 0 unspecified atom stereocenters. The van der Waals surface area contributed by atoms with Crippen LogP contribution in [0.2, 0.25) is 0 Å². The average Bonchev–Trinajstić information content (AvgIpc) is 2.28. The van der Waals surface area contributed by atoms with E-state index in [9.17, 15) is 5.11 Å². The number of pyridine rings is 1. The van der Waals surface area contributed by atoms with Crippen LogP contribution in [0.3, 0.4) is 0 Å². The molecule has 1 aromatic rings. The lowest BCUT2D eigenvalue weighted by molar-refractivity contribution is -0.0777. The topological polar surface area (TPSA) is 45.6 Å². The van der Waals surface area contributed by atoms with Crippen molar-refractivity contribution in [3.05, 3.63) is 28.5 Å². The third kappa shape index (κ3) is 4.02. The van der Waals surface area contributed by atoms with Gasteiger partial charge in [-0.3, -0.25) is 9.88 Å². The van der Waals surface area contributed by atoms with Crippen molar-refractivity contribution in [1.82, 2.24) is 9.88 Å². The van der Waals surface area contributed by atoms with Crippen LogP contribution < -0.4 is 0 Å². The van der Waals surface area contributed by atoms with Crippen molar-refractivity contribution >= 4 is 15.9 Å². The number of nitrogens with zero attached hydrogens (tertiary/aromatic N) is 2. The Morgan fingerprint density at radius 3 is 2.83 bits per heavy atom. The molecule has 1 fully saturated rings. The van der Waals surface area contributed by atoms with Gasteiger partial charge in [-0.05, 0) is 34.6 Å². The van der Waals surface area contributed by atoms with Crippen molar-refractivity contribution in [2.75, 3.05) is 26.8 Å². The Morgan fingerprint density at radius 1 is 1.44 bits per heavy atom. The molecule has 1 N–H and O–H groups in total. The Kier molecular flexibility index (Phi) is 4.72. The van der Waals surface area contributed by atoms with Gasteiger partial charge in [0.25, 0.3) is 0 Å². The zero-order chi connectivity index (χ0) is 13.0. The second-order valence-corrected chi connectivity index (χ2v) is 5.94.